The Morgan fingerprint density at radius 3 is 2.74 bits per heavy atom. The van der Waals surface area contributed by atoms with Crippen LogP contribution in [0.3, 0.4) is 0 Å². The van der Waals surface area contributed by atoms with Crippen LogP contribution in [0.2, 0.25) is 0 Å². The second kappa shape index (κ2) is 6.24. The molecule has 2 aromatic rings. The van der Waals surface area contributed by atoms with E-state index in [2.05, 4.69) is 15.9 Å². The Labute approximate surface area is 134 Å². The van der Waals surface area contributed by atoms with Crippen LogP contribution < -0.4 is 0 Å². The van der Waals surface area contributed by atoms with Gasteiger partial charge in [-0.25, -0.2) is 8.42 Å². The van der Waals surface area contributed by atoms with Crippen molar-refractivity contribution in [3.63, 3.8) is 0 Å². The molecule has 0 N–H and O–H groups in total. The molecule has 8 heteroatoms. The maximum absolute atomic E-state index is 12.4. The molecule has 0 aromatic carbocycles. The van der Waals surface area contributed by atoms with Crippen molar-refractivity contribution < 1.29 is 8.42 Å². The van der Waals surface area contributed by atoms with Crippen LogP contribution in [-0.2, 0) is 22.4 Å². The molecule has 0 amide bonds. The molecular weight excluding hydrogens is 390 g/mol. The Morgan fingerprint density at radius 2 is 2.16 bits per heavy atom. The summed E-state index contributed by atoms with van der Waals surface area (Å²) in [5.74, 6) is 0.212. The fourth-order valence-corrected chi connectivity index (χ4v) is 5.62. The highest BCUT2D eigenvalue weighted by Gasteiger charge is 2.24. The predicted molar refractivity (Wildman–Crippen MR) is 84.5 cm³/mol. The van der Waals surface area contributed by atoms with E-state index in [0.29, 0.717) is 16.3 Å². The Kier molecular flexibility index (Phi) is 5.08. The zero-order chi connectivity index (χ0) is 14.0. The third-order valence-corrected chi connectivity index (χ3v) is 7.46. The van der Waals surface area contributed by atoms with Gasteiger partial charge in [0.1, 0.15) is 0 Å². The molecule has 0 atom stereocenters. The first kappa shape index (κ1) is 15.5. The summed E-state index contributed by atoms with van der Waals surface area (Å²) in [7, 11) is -1.90. The lowest BCUT2D eigenvalue weighted by Crippen LogP contribution is -2.26. The minimum Gasteiger partial charge on any atom is -0.207 e. The summed E-state index contributed by atoms with van der Waals surface area (Å²) in [5, 5.41) is 3.69. The van der Waals surface area contributed by atoms with E-state index in [1.54, 1.807) is 18.5 Å². The number of thiophene rings is 2. The average Bonchev–Trinajstić information content (AvgIpc) is 2.97. The number of alkyl halides is 1. The van der Waals surface area contributed by atoms with Crippen LogP contribution in [0.5, 0.6) is 0 Å². The van der Waals surface area contributed by atoms with E-state index < -0.39 is 10.0 Å². The monoisotopic (exact) mass is 399 g/mol. The summed E-state index contributed by atoms with van der Waals surface area (Å²) in [5.41, 5.74) is 0.964. The van der Waals surface area contributed by atoms with Crippen LogP contribution in [0.25, 0.3) is 0 Å². The van der Waals surface area contributed by atoms with Gasteiger partial charge in [-0.1, -0.05) is 0 Å². The smallest absolute Gasteiger partial charge is 0.207 e. The minimum atomic E-state index is -3.48. The molecule has 19 heavy (non-hydrogen) atoms. The van der Waals surface area contributed by atoms with Gasteiger partial charge in [-0.2, -0.15) is 4.31 Å². The number of halogens is 2. The van der Waals surface area contributed by atoms with Gasteiger partial charge in [-0.15, -0.1) is 34.3 Å². The Hall–Kier alpha value is 0.0800. The molecule has 0 unspecified atom stereocenters. The molecule has 0 radical (unpaired) electrons. The maximum Gasteiger partial charge on any atom is 0.244 e. The normalized spacial score (nSPS) is 12.2. The zero-order valence-electron chi connectivity index (χ0n) is 9.97. The summed E-state index contributed by atoms with van der Waals surface area (Å²) in [6.45, 7) is 0.349. The molecule has 2 heterocycles. The van der Waals surface area contributed by atoms with Gasteiger partial charge >= 0.3 is 0 Å². The fourth-order valence-electron chi connectivity index (χ4n) is 1.59. The van der Waals surface area contributed by atoms with Gasteiger partial charge in [0.05, 0.1) is 14.6 Å². The summed E-state index contributed by atoms with van der Waals surface area (Å²) in [6.07, 6.45) is 0. The predicted octanol–water partition coefficient (Wildman–Crippen LogP) is 4.13. The molecule has 0 bridgehead atoms. The number of sulfonamides is 1. The summed E-state index contributed by atoms with van der Waals surface area (Å²) in [6, 6.07) is 3.53. The number of hydrogen-bond acceptors (Lipinski definition) is 4. The largest absolute Gasteiger partial charge is 0.244 e. The SMILES string of the molecule is CN(Cc1csc(Br)c1)S(=O)(=O)c1ccsc1CCl. The quantitative estimate of drug-likeness (QED) is 0.708. The van der Waals surface area contributed by atoms with Gasteiger partial charge in [0.15, 0.2) is 0 Å². The van der Waals surface area contributed by atoms with E-state index in [9.17, 15) is 8.42 Å². The molecule has 0 saturated carbocycles. The zero-order valence-corrected chi connectivity index (χ0v) is 14.8. The number of rotatable bonds is 5. The number of nitrogens with zero attached hydrogens (tertiary/aromatic N) is 1. The third-order valence-electron chi connectivity index (χ3n) is 2.54. The Bertz CT molecular complexity index is 665. The van der Waals surface area contributed by atoms with Crippen molar-refractivity contribution >= 4 is 60.2 Å². The first-order chi connectivity index (χ1) is 8.95. The first-order valence-corrected chi connectivity index (χ1v) is 9.79. The van der Waals surface area contributed by atoms with E-state index in [-0.39, 0.29) is 5.88 Å². The van der Waals surface area contributed by atoms with E-state index in [1.807, 2.05) is 11.4 Å². The maximum atomic E-state index is 12.4. The van der Waals surface area contributed by atoms with E-state index >= 15 is 0 Å². The van der Waals surface area contributed by atoms with Crippen molar-refractivity contribution in [3.05, 3.63) is 37.1 Å². The lowest BCUT2D eigenvalue weighted by atomic mass is 10.3. The van der Waals surface area contributed by atoms with Crippen molar-refractivity contribution in [2.75, 3.05) is 7.05 Å². The van der Waals surface area contributed by atoms with Gasteiger partial charge < -0.3 is 0 Å². The van der Waals surface area contributed by atoms with Crippen LogP contribution in [0.4, 0.5) is 0 Å². The van der Waals surface area contributed by atoms with Crippen molar-refractivity contribution in [3.8, 4) is 0 Å². The molecule has 0 aliphatic rings. The first-order valence-electron chi connectivity index (χ1n) is 5.26. The Balaban J connectivity index is 2.24. The van der Waals surface area contributed by atoms with Crippen LogP contribution >= 0.6 is 50.2 Å². The molecular formula is C11H11BrClNO2S3. The van der Waals surface area contributed by atoms with E-state index in [0.717, 1.165) is 9.35 Å². The highest BCUT2D eigenvalue weighted by Crippen LogP contribution is 2.28. The lowest BCUT2D eigenvalue weighted by molar-refractivity contribution is 0.467. The molecule has 3 nitrogen and oxygen atoms in total. The topological polar surface area (TPSA) is 37.4 Å². The Morgan fingerprint density at radius 1 is 1.42 bits per heavy atom. The minimum absolute atomic E-state index is 0.212. The van der Waals surface area contributed by atoms with Crippen molar-refractivity contribution in [2.24, 2.45) is 0 Å². The highest BCUT2D eigenvalue weighted by molar-refractivity contribution is 9.11. The van der Waals surface area contributed by atoms with Crippen molar-refractivity contribution in [1.29, 1.82) is 0 Å². The lowest BCUT2D eigenvalue weighted by Gasteiger charge is -2.16. The van der Waals surface area contributed by atoms with Gasteiger partial charge in [-0.05, 0) is 44.4 Å². The highest BCUT2D eigenvalue weighted by atomic mass is 79.9. The van der Waals surface area contributed by atoms with Crippen molar-refractivity contribution in [1.82, 2.24) is 4.31 Å². The third kappa shape index (κ3) is 3.40. The summed E-state index contributed by atoms with van der Waals surface area (Å²) in [4.78, 5) is 0.990. The van der Waals surface area contributed by atoms with Gasteiger partial charge in [-0.3, -0.25) is 0 Å². The molecule has 104 valence electrons. The van der Waals surface area contributed by atoms with Crippen LogP contribution in [0, 0.1) is 0 Å². The summed E-state index contributed by atoms with van der Waals surface area (Å²) < 4.78 is 27.2. The van der Waals surface area contributed by atoms with Crippen LogP contribution in [0.1, 0.15) is 10.4 Å². The van der Waals surface area contributed by atoms with Crippen LogP contribution in [0.15, 0.2) is 31.6 Å². The standard InChI is InChI=1S/C11H11BrClNO2S3/c1-14(6-8-4-11(12)18-7-8)19(15,16)10-2-3-17-9(10)5-13/h2-4,7H,5-6H2,1H3. The van der Waals surface area contributed by atoms with Gasteiger partial charge in [0, 0.05) is 18.5 Å². The molecule has 0 aliphatic heterocycles. The molecule has 0 fully saturated rings. The fraction of sp³-hybridized carbons (Fsp3) is 0.273. The second-order valence-corrected chi connectivity index (χ2v) is 9.43. The second-order valence-electron chi connectivity index (χ2n) is 3.86. The molecule has 0 aliphatic carbocycles. The number of hydrogen-bond donors (Lipinski definition) is 0. The average molecular weight is 401 g/mol. The van der Waals surface area contributed by atoms with Gasteiger partial charge in [0.2, 0.25) is 10.0 Å². The molecule has 2 rings (SSSR count). The van der Waals surface area contributed by atoms with E-state index in [1.165, 1.54) is 27.0 Å². The van der Waals surface area contributed by atoms with Gasteiger partial charge in [0.25, 0.3) is 0 Å². The molecule has 2 aromatic heterocycles. The van der Waals surface area contributed by atoms with Crippen LogP contribution in [-0.4, -0.2) is 19.8 Å². The van der Waals surface area contributed by atoms with E-state index in [4.69, 9.17) is 11.6 Å². The molecule has 0 spiro atoms. The summed E-state index contributed by atoms with van der Waals surface area (Å²) >= 11 is 12.0. The van der Waals surface area contributed by atoms with Crippen molar-refractivity contribution in [2.45, 2.75) is 17.3 Å². The molecule has 0 saturated heterocycles.